The number of carbonyl (C=O) groups is 1. The van der Waals surface area contributed by atoms with Crippen molar-refractivity contribution in [2.24, 2.45) is 0 Å². The Hall–Kier alpha value is -2.69. The van der Waals surface area contributed by atoms with Gasteiger partial charge in [0, 0.05) is 5.56 Å². The van der Waals surface area contributed by atoms with Crippen molar-refractivity contribution in [3.05, 3.63) is 53.6 Å². The Morgan fingerprint density at radius 1 is 1.04 bits per heavy atom. The maximum atomic E-state index is 12.4. The number of methoxy groups -OCH3 is 2. The van der Waals surface area contributed by atoms with Gasteiger partial charge in [-0.3, -0.25) is 4.79 Å². The van der Waals surface area contributed by atoms with Crippen molar-refractivity contribution in [2.75, 3.05) is 20.8 Å². The zero-order valence-electron chi connectivity index (χ0n) is 14.5. The number of rotatable bonds is 7. The zero-order chi connectivity index (χ0) is 17.5. The molecule has 0 fully saturated rings. The van der Waals surface area contributed by atoms with Gasteiger partial charge in [-0.15, -0.1) is 0 Å². The molecule has 0 saturated heterocycles. The topological polar surface area (TPSA) is 56.8 Å². The molecule has 1 unspecified atom stereocenters. The first kappa shape index (κ1) is 17.7. The van der Waals surface area contributed by atoms with Crippen LogP contribution >= 0.6 is 0 Å². The van der Waals surface area contributed by atoms with Gasteiger partial charge < -0.3 is 19.5 Å². The Balaban J connectivity index is 2.08. The van der Waals surface area contributed by atoms with E-state index >= 15 is 0 Å². The molecule has 0 aliphatic heterocycles. The van der Waals surface area contributed by atoms with Crippen molar-refractivity contribution < 1.29 is 19.0 Å². The molecule has 1 amide bonds. The Morgan fingerprint density at radius 2 is 1.71 bits per heavy atom. The Kier molecular flexibility index (Phi) is 6.07. The summed E-state index contributed by atoms with van der Waals surface area (Å²) in [5.41, 5.74) is 1.53. The van der Waals surface area contributed by atoms with E-state index in [4.69, 9.17) is 14.2 Å². The summed E-state index contributed by atoms with van der Waals surface area (Å²) in [4.78, 5) is 12.4. The molecular weight excluding hydrogens is 306 g/mol. The fourth-order valence-corrected chi connectivity index (χ4v) is 2.35. The molecule has 1 N–H and O–H groups in total. The van der Waals surface area contributed by atoms with Crippen LogP contribution in [-0.2, 0) is 0 Å². The van der Waals surface area contributed by atoms with Crippen molar-refractivity contribution >= 4 is 5.91 Å². The van der Waals surface area contributed by atoms with E-state index < -0.39 is 0 Å². The van der Waals surface area contributed by atoms with Gasteiger partial charge in [0.2, 0.25) is 0 Å². The maximum absolute atomic E-state index is 12.4. The van der Waals surface area contributed by atoms with Crippen molar-refractivity contribution in [2.45, 2.75) is 19.9 Å². The molecule has 24 heavy (non-hydrogen) atoms. The molecule has 5 heteroatoms. The quantitative estimate of drug-likeness (QED) is 0.843. The first-order valence-corrected chi connectivity index (χ1v) is 7.84. The number of carbonyl (C=O) groups excluding carboxylic acids is 1. The van der Waals surface area contributed by atoms with Gasteiger partial charge in [0.05, 0.1) is 26.9 Å². The van der Waals surface area contributed by atoms with Crippen LogP contribution in [0.5, 0.6) is 17.2 Å². The van der Waals surface area contributed by atoms with E-state index in [1.54, 1.807) is 38.5 Å². The van der Waals surface area contributed by atoms with E-state index in [9.17, 15) is 4.79 Å². The van der Waals surface area contributed by atoms with E-state index in [1.165, 1.54) is 0 Å². The fraction of sp³-hybridized carbons (Fsp3) is 0.316. The second-order valence-electron chi connectivity index (χ2n) is 5.27. The molecule has 0 radical (unpaired) electrons. The van der Waals surface area contributed by atoms with Crippen LogP contribution in [0.3, 0.4) is 0 Å². The molecule has 0 spiro atoms. The van der Waals surface area contributed by atoms with Crippen LogP contribution in [0.4, 0.5) is 0 Å². The number of hydrogen-bond donors (Lipinski definition) is 1. The highest BCUT2D eigenvalue weighted by Gasteiger charge is 2.14. The minimum atomic E-state index is -0.163. The highest BCUT2D eigenvalue weighted by Crippen LogP contribution is 2.30. The summed E-state index contributed by atoms with van der Waals surface area (Å²) in [5.74, 6) is 1.91. The predicted octanol–water partition coefficient (Wildman–Crippen LogP) is 3.59. The number of nitrogens with one attached hydrogen (secondary N) is 1. The molecule has 0 aliphatic carbocycles. The van der Waals surface area contributed by atoms with Gasteiger partial charge in [-0.1, -0.05) is 6.07 Å². The first-order chi connectivity index (χ1) is 11.6. The Bertz CT molecular complexity index is 682. The van der Waals surface area contributed by atoms with Crippen LogP contribution in [0.25, 0.3) is 0 Å². The highest BCUT2D eigenvalue weighted by atomic mass is 16.5. The van der Waals surface area contributed by atoms with Gasteiger partial charge in [-0.2, -0.15) is 0 Å². The average Bonchev–Trinajstić information content (AvgIpc) is 2.61. The molecule has 0 aromatic heterocycles. The molecule has 2 rings (SSSR count). The third-order valence-electron chi connectivity index (χ3n) is 3.68. The molecule has 2 aromatic carbocycles. The number of amides is 1. The van der Waals surface area contributed by atoms with Crippen molar-refractivity contribution in [1.82, 2.24) is 5.32 Å². The molecule has 1 atom stereocenters. The lowest BCUT2D eigenvalue weighted by Gasteiger charge is -2.16. The lowest BCUT2D eigenvalue weighted by Crippen LogP contribution is -2.26. The summed E-state index contributed by atoms with van der Waals surface area (Å²) in [6.45, 7) is 4.45. The SMILES string of the molecule is CCOc1ccc(C(=O)NC(C)c2ccc(OC)c(OC)c2)cc1. The number of hydrogen-bond acceptors (Lipinski definition) is 4. The molecule has 0 saturated carbocycles. The number of benzene rings is 2. The van der Waals surface area contributed by atoms with Crippen LogP contribution in [0.1, 0.15) is 35.8 Å². The monoisotopic (exact) mass is 329 g/mol. The van der Waals surface area contributed by atoms with E-state index in [0.717, 1.165) is 11.3 Å². The standard InChI is InChI=1S/C19H23NO4/c1-5-24-16-9-6-14(7-10-16)19(21)20-13(2)15-8-11-17(22-3)18(12-15)23-4/h6-13H,5H2,1-4H3,(H,20,21). The minimum absolute atomic E-state index is 0.139. The van der Waals surface area contributed by atoms with Crippen molar-refractivity contribution in [3.8, 4) is 17.2 Å². The van der Waals surface area contributed by atoms with Gasteiger partial charge >= 0.3 is 0 Å². The summed E-state index contributed by atoms with van der Waals surface area (Å²) >= 11 is 0. The second-order valence-corrected chi connectivity index (χ2v) is 5.27. The van der Waals surface area contributed by atoms with Gasteiger partial charge in [0.1, 0.15) is 5.75 Å². The molecule has 0 heterocycles. The van der Waals surface area contributed by atoms with Gasteiger partial charge in [0.25, 0.3) is 5.91 Å². The van der Waals surface area contributed by atoms with E-state index in [1.807, 2.05) is 32.0 Å². The van der Waals surface area contributed by atoms with Gasteiger partial charge in [-0.25, -0.2) is 0 Å². The zero-order valence-corrected chi connectivity index (χ0v) is 14.5. The minimum Gasteiger partial charge on any atom is -0.494 e. The Labute approximate surface area is 142 Å². The summed E-state index contributed by atoms with van der Waals surface area (Å²) in [6.07, 6.45) is 0. The third kappa shape index (κ3) is 4.19. The van der Waals surface area contributed by atoms with Gasteiger partial charge in [-0.05, 0) is 55.8 Å². The van der Waals surface area contributed by atoms with Crippen LogP contribution in [0.15, 0.2) is 42.5 Å². The number of ether oxygens (including phenoxy) is 3. The Morgan fingerprint density at radius 3 is 2.29 bits per heavy atom. The van der Waals surface area contributed by atoms with Crippen LogP contribution in [0.2, 0.25) is 0 Å². The van der Waals surface area contributed by atoms with Crippen LogP contribution < -0.4 is 19.5 Å². The van der Waals surface area contributed by atoms with Crippen molar-refractivity contribution in [3.63, 3.8) is 0 Å². The second kappa shape index (κ2) is 8.24. The first-order valence-electron chi connectivity index (χ1n) is 7.84. The third-order valence-corrected chi connectivity index (χ3v) is 3.68. The van der Waals surface area contributed by atoms with Crippen molar-refractivity contribution in [1.29, 1.82) is 0 Å². The average molecular weight is 329 g/mol. The lowest BCUT2D eigenvalue weighted by molar-refractivity contribution is 0.0940. The summed E-state index contributed by atoms with van der Waals surface area (Å²) < 4.78 is 15.9. The summed E-state index contributed by atoms with van der Waals surface area (Å²) in [7, 11) is 3.18. The van der Waals surface area contributed by atoms with E-state index in [-0.39, 0.29) is 11.9 Å². The highest BCUT2D eigenvalue weighted by molar-refractivity contribution is 5.94. The fourth-order valence-electron chi connectivity index (χ4n) is 2.35. The smallest absolute Gasteiger partial charge is 0.251 e. The molecule has 0 aliphatic rings. The van der Waals surface area contributed by atoms with E-state index in [2.05, 4.69) is 5.32 Å². The van der Waals surface area contributed by atoms with Gasteiger partial charge in [0.15, 0.2) is 11.5 Å². The summed E-state index contributed by atoms with van der Waals surface area (Å²) in [6, 6.07) is 12.5. The maximum Gasteiger partial charge on any atom is 0.251 e. The molecule has 128 valence electrons. The lowest BCUT2D eigenvalue weighted by atomic mass is 10.1. The molecule has 0 bridgehead atoms. The predicted molar refractivity (Wildman–Crippen MR) is 93.0 cm³/mol. The van der Waals surface area contributed by atoms with Crippen LogP contribution in [0, 0.1) is 0 Å². The van der Waals surface area contributed by atoms with Crippen LogP contribution in [-0.4, -0.2) is 26.7 Å². The molecule has 5 nitrogen and oxygen atoms in total. The normalized spacial score (nSPS) is 11.5. The molecule has 2 aromatic rings. The van der Waals surface area contributed by atoms with E-state index in [0.29, 0.717) is 23.7 Å². The summed E-state index contributed by atoms with van der Waals surface area (Å²) in [5, 5.41) is 2.98. The molecular formula is C19H23NO4. The largest absolute Gasteiger partial charge is 0.494 e.